The van der Waals surface area contributed by atoms with Gasteiger partial charge in [-0.15, -0.1) is 0 Å². The molecule has 0 aliphatic carbocycles. The molecule has 2 nitrogen and oxygen atoms in total. The van der Waals surface area contributed by atoms with Gasteiger partial charge in [-0.25, -0.2) is 0 Å². The largest absolute Gasteiger partial charge is 0.300 e. The summed E-state index contributed by atoms with van der Waals surface area (Å²) in [6.45, 7) is 8.92. The van der Waals surface area contributed by atoms with Crippen molar-refractivity contribution >= 4 is 5.78 Å². The Labute approximate surface area is 91.9 Å². The summed E-state index contributed by atoms with van der Waals surface area (Å²) < 4.78 is 0. The van der Waals surface area contributed by atoms with Gasteiger partial charge >= 0.3 is 0 Å². The van der Waals surface area contributed by atoms with Gasteiger partial charge in [-0.05, 0) is 31.6 Å². The smallest absolute Gasteiger partial charge is 0.159 e. The summed E-state index contributed by atoms with van der Waals surface area (Å²) in [4.78, 5) is 13.5. The van der Waals surface area contributed by atoms with Crippen LogP contribution in [0.1, 0.15) is 36.7 Å². The molecule has 0 spiro atoms. The Morgan fingerprint density at radius 2 is 1.93 bits per heavy atom. The maximum absolute atomic E-state index is 11.2. The molecule has 0 aliphatic rings. The van der Waals surface area contributed by atoms with Crippen LogP contribution < -0.4 is 0 Å². The van der Waals surface area contributed by atoms with E-state index >= 15 is 0 Å². The summed E-state index contributed by atoms with van der Waals surface area (Å²) in [6, 6.07) is 7.88. The first-order valence-electron chi connectivity index (χ1n) is 5.49. The summed E-state index contributed by atoms with van der Waals surface area (Å²) in [5.74, 6) is 0.136. The number of hydrogen-bond donors (Lipinski definition) is 0. The Bertz CT molecular complexity index is 329. The van der Waals surface area contributed by atoms with Crippen LogP contribution in [0.5, 0.6) is 0 Å². The second-order valence-corrected chi connectivity index (χ2v) is 3.72. The third-order valence-electron chi connectivity index (χ3n) is 2.63. The normalized spacial score (nSPS) is 10.7. The molecule has 82 valence electrons. The number of carbonyl (C=O) groups is 1. The van der Waals surface area contributed by atoms with Crippen LogP contribution in [0.3, 0.4) is 0 Å². The summed E-state index contributed by atoms with van der Waals surface area (Å²) in [5.41, 5.74) is 2.02. The van der Waals surface area contributed by atoms with Crippen molar-refractivity contribution in [2.45, 2.75) is 27.3 Å². The minimum Gasteiger partial charge on any atom is -0.300 e. The van der Waals surface area contributed by atoms with Gasteiger partial charge in [-0.1, -0.05) is 32.0 Å². The zero-order valence-electron chi connectivity index (χ0n) is 9.79. The molecule has 0 aromatic heterocycles. The molecule has 0 amide bonds. The van der Waals surface area contributed by atoms with Gasteiger partial charge in [-0.3, -0.25) is 9.69 Å². The SMILES string of the molecule is CCN(CC)Cc1cccc(C(C)=O)c1. The zero-order valence-corrected chi connectivity index (χ0v) is 9.79. The molecule has 1 aromatic rings. The number of rotatable bonds is 5. The third-order valence-corrected chi connectivity index (χ3v) is 2.63. The molecule has 0 saturated carbocycles. The molecule has 0 aliphatic heterocycles. The average molecular weight is 205 g/mol. The van der Waals surface area contributed by atoms with Gasteiger partial charge in [0, 0.05) is 12.1 Å². The highest BCUT2D eigenvalue weighted by molar-refractivity contribution is 5.94. The fraction of sp³-hybridized carbons (Fsp3) is 0.462. The number of hydrogen-bond acceptors (Lipinski definition) is 2. The molecule has 0 saturated heterocycles. The van der Waals surface area contributed by atoms with E-state index in [4.69, 9.17) is 0 Å². The fourth-order valence-corrected chi connectivity index (χ4v) is 1.59. The first-order valence-corrected chi connectivity index (χ1v) is 5.49. The van der Waals surface area contributed by atoms with Gasteiger partial charge in [0.05, 0.1) is 0 Å². The lowest BCUT2D eigenvalue weighted by Gasteiger charge is -2.18. The molecule has 0 bridgehead atoms. The second-order valence-electron chi connectivity index (χ2n) is 3.72. The van der Waals surface area contributed by atoms with E-state index in [1.54, 1.807) is 6.92 Å². The lowest BCUT2D eigenvalue weighted by atomic mass is 10.1. The van der Waals surface area contributed by atoms with Crippen molar-refractivity contribution in [1.82, 2.24) is 4.90 Å². The van der Waals surface area contributed by atoms with Crippen LogP contribution in [0, 0.1) is 0 Å². The van der Waals surface area contributed by atoms with E-state index in [9.17, 15) is 4.79 Å². The summed E-state index contributed by atoms with van der Waals surface area (Å²) in [6.07, 6.45) is 0. The van der Waals surface area contributed by atoms with E-state index in [0.717, 1.165) is 25.2 Å². The van der Waals surface area contributed by atoms with Gasteiger partial charge in [0.2, 0.25) is 0 Å². The molecule has 1 aromatic carbocycles. The number of Topliss-reactive ketones (excluding diaryl/α,β-unsaturated/α-hetero) is 1. The van der Waals surface area contributed by atoms with Crippen molar-refractivity contribution in [3.8, 4) is 0 Å². The number of benzene rings is 1. The third kappa shape index (κ3) is 3.48. The molecule has 2 heteroatoms. The minimum atomic E-state index is 0.136. The van der Waals surface area contributed by atoms with Crippen LogP contribution >= 0.6 is 0 Å². The van der Waals surface area contributed by atoms with E-state index in [1.165, 1.54) is 5.56 Å². The lowest BCUT2D eigenvalue weighted by molar-refractivity contribution is 0.101. The van der Waals surface area contributed by atoms with E-state index in [1.807, 2.05) is 18.2 Å². The van der Waals surface area contributed by atoms with Crippen LogP contribution in [0.2, 0.25) is 0 Å². The average Bonchev–Trinajstić information content (AvgIpc) is 2.26. The van der Waals surface area contributed by atoms with E-state index in [-0.39, 0.29) is 5.78 Å². The highest BCUT2D eigenvalue weighted by atomic mass is 16.1. The van der Waals surface area contributed by atoms with Crippen molar-refractivity contribution in [2.24, 2.45) is 0 Å². The predicted molar refractivity (Wildman–Crippen MR) is 63.1 cm³/mol. The monoisotopic (exact) mass is 205 g/mol. The molecule has 0 atom stereocenters. The Morgan fingerprint density at radius 1 is 1.27 bits per heavy atom. The van der Waals surface area contributed by atoms with Crippen molar-refractivity contribution < 1.29 is 4.79 Å². The van der Waals surface area contributed by atoms with Gasteiger partial charge in [-0.2, -0.15) is 0 Å². The molecule has 0 fully saturated rings. The number of nitrogens with zero attached hydrogens (tertiary/aromatic N) is 1. The second kappa shape index (κ2) is 5.66. The molecular weight excluding hydrogens is 186 g/mol. The number of carbonyl (C=O) groups excluding carboxylic acids is 1. The van der Waals surface area contributed by atoms with Crippen LogP contribution in [-0.4, -0.2) is 23.8 Å². The van der Waals surface area contributed by atoms with Crippen LogP contribution in [0.4, 0.5) is 0 Å². The first kappa shape index (κ1) is 11.9. The van der Waals surface area contributed by atoms with E-state index in [0.29, 0.717) is 0 Å². The number of ketones is 1. The standard InChI is InChI=1S/C13H19NO/c1-4-14(5-2)10-12-7-6-8-13(9-12)11(3)15/h6-9H,4-5,10H2,1-3H3. The molecule has 0 heterocycles. The fourth-order valence-electron chi connectivity index (χ4n) is 1.59. The van der Waals surface area contributed by atoms with E-state index in [2.05, 4.69) is 24.8 Å². The van der Waals surface area contributed by atoms with Crippen molar-refractivity contribution in [3.05, 3.63) is 35.4 Å². The molecule has 15 heavy (non-hydrogen) atoms. The summed E-state index contributed by atoms with van der Waals surface area (Å²) in [7, 11) is 0. The maximum Gasteiger partial charge on any atom is 0.159 e. The van der Waals surface area contributed by atoms with Crippen molar-refractivity contribution in [3.63, 3.8) is 0 Å². The zero-order chi connectivity index (χ0) is 11.3. The van der Waals surface area contributed by atoms with Gasteiger partial charge in [0.15, 0.2) is 5.78 Å². The maximum atomic E-state index is 11.2. The van der Waals surface area contributed by atoms with Gasteiger partial charge < -0.3 is 0 Å². The molecule has 1 rings (SSSR count). The molecular formula is C13H19NO. The Kier molecular flexibility index (Phi) is 4.50. The first-order chi connectivity index (χ1) is 7.17. The van der Waals surface area contributed by atoms with E-state index < -0.39 is 0 Å². The quantitative estimate of drug-likeness (QED) is 0.689. The highest BCUT2D eigenvalue weighted by Gasteiger charge is 2.03. The van der Waals surface area contributed by atoms with Crippen LogP contribution in [0.25, 0.3) is 0 Å². The van der Waals surface area contributed by atoms with Crippen LogP contribution in [-0.2, 0) is 6.54 Å². The van der Waals surface area contributed by atoms with Gasteiger partial charge in [0.1, 0.15) is 0 Å². The Hall–Kier alpha value is -1.15. The van der Waals surface area contributed by atoms with Gasteiger partial charge in [0.25, 0.3) is 0 Å². The minimum absolute atomic E-state index is 0.136. The van der Waals surface area contributed by atoms with Crippen molar-refractivity contribution in [1.29, 1.82) is 0 Å². The topological polar surface area (TPSA) is 20.3 Å². The summed E-state index contributed by atoms with van der Waals surface area (Å²) in [5, 5.41) is 0. The highest BCUT2D eigenvalue weighted by Crippen LogP contribution is 2.08. The Morgan fingerprint density at radius 3 is 2.47 bits per heavy atom. The van der Waals surface area contributed by atoms with Crippen LogP contribution in [0.15, 0.2) is 24.3 Å². The Balaban J connectivity index is 2.77. The molecule has 0 N–H and O–H groups in total. The van der Waals surface area contributed by atoms with Crippen molar-refractivity contribution in [2.75, 3.05) is 13.1 Å². The molecule has 0 unspecified atom stereocenters. The lowest BCUT2D eigenvalue weighted by Crippen LogP contribution is -2.22. The molecule has 0 radical (unpaired) electrons. The predicted octanol–water partition coefficient (Wildman–Crippen LogP) is 2.73. The summed E-state index contributed by atoms with van der Waals surface area (Å²) >= 11 is 0.